The molecule has 0 aliphatic heterocycles. The van der Waals surface area contributed by atoms with Crippen LogP contribution in [0.1, 0.15) is 19.8 Å². The summed E-state index contributed by atoms with van der Waals surface area (Å²) in [5.41, 5.74) is 3.01. The van der Waals surface area contributed by atoms with Crippen LogP contribution in [0.2, 0.25) is 0 Å². The number of fused-ring (bicyclic) bond motifs is 2. The molecule has 0 aromatic carbocycles. The lowest BCUT2D eigenvalue weighted by atomic mass is 9.66. The summed E-state index contributed by atoms with van der Waals surface area (Å²) in [5, 5.41) is 8.85. The Hall–Kier alpha value is -3.49. The molecular formula is C20H22N8O. The first-order chi connectivity index (χ1) is 13.9. The standard InChI is InChI=1S/C20H22N8O/c1-20(18(29)27(2)3)8-12(9-20)24-19-23-11-14-13(10-22-17(14)25-19)15-4-5-16-21-6-7-28(16)26-15/h4-7,10-12H,8-9H2,1-3H3,(H2,22,23,24,25). The van der Waals surface area contributed by atoms with Gasteiger partial charge in [-0.25, -0.2) is 14.5 Å². The Labute approximate surface area is 167 Å². The van der Waals surface area contributed by atoms with E-state index in [2.05, 4.69) is 30.4 Å². The van der Waals surface area contributed by atoms with Crippen LogP contribution in [-0.4, -0.2) is 60.5 Å². The summed E-state index contributed by atoms with van der Waals surface area (Å²) in [6.07, 6.45) is 8.79. The maximum absolute atomic E-state index is 12.3. The van der Waals surface area contributed by atoms with Crippen LogP contribution >= 0.6 is 0 Å². The highest BCUT2D eigenvalue weighted by molar-refractivity contribution is 5.92. The number of carbonyl (C=O) groups is 1. The Morgan fingerprint density at radius 2 is 2.14 bits per heavy atom. The number of nitrogens with one attached hydrogen (secondary N) is 2. The van der Waals surface area contributed by atoms with E-state index in [4.69, 9.17) is 0 Å². The van der Waals surface area contributed by atoms with Gasteiger partial charge in [0.1, 0.15) is 5.65 Å². The molecule has 1 saturated carbocycles. The number of carbonyl (C=O) groups excluding carboxylic acids is 1. The summed E-state index contributed by atoms with van der Waals surface area (Å²) < 4.78 is 1.74. The Balaban J connectivity index is 1.35. The average Bonchev–Trinajstić information content (AvgIpc) is 3.31. The Kier molecular flexibility index (Phi) is 3.80. The largest absolute Gasteiger partial charge is 0.351 e. The smallest absolute Gasteiger partial charge is 0.228 e. The van der Waals surface area contributed by atoms with Gasteiger partial charge >= 0.3 is 0 Å². The van der Waals surface area contributed by atoms with E-state index in [1.165, 1.54) is 0 Å². The monoisotopic (exact) mass is 390 g/mol. The van der Waals surface area contributed by atoms with Gasteiger partial charge in [-0.3, -0.25) is 4.79 Å². The molecule has 0 spiro atoms. The molecule has 9 nitrogen and oxygen atoms in total. The van der Waals surface area contributed by atoms with Crippen molar-refractivity contribution in [3.63, 3.8) is 0 Å². The van der Waals surface area contributed by atoms with Crippen LogP contribution in [0, 0.1) is 5.41 Å². The number of H-pyrrole nitrogens is 1. The van der Waals surface area contributed by atoms with E-state index in [0.717, 1.165) is 40.8 Å². The van der Waals surface area contributed by atoms with Gasteiger partial charge in [0.15, 0.2) is 5.65 Å². The Bertz CT molecular complexity index is 1220. The third kappa shape index (κ3) is 2.89. The lowest BCUT2D eigenvalue weighted by Crippen LogP contribution is -2.52. The summed E-state index contributed by atoms with van der Waals surface area (Å²) in [4.78, 5) is 30.5. The maximum Gasteiger partial charge on any atom is 0.228 e. The zero-order valence-corrected chi connectivity index (χ0v) is 16.5. The molecule has 5 rings (SSSR count). The van der Waals surface area contributed by atoms with Crippen molar-refractivity contribution >= 4 is 28.5 Å². The molecule has 4 aromatic heterocycles. The fourth-order valence-electron chi connectivity index (χ4n) is 4.17. The Morgan fingerprint density at radius 3 is 2.93 bits per heavy atom. The molecule has 0 atom stereocenters. The molecule has 1 aliphatic rings. The van der Waals surface area contributed by atoms with Crippen LogP contribution in [0.15, 0.2) is 36.9 Å². The predicted octanol–water partition coefficient (Wildman–Crippen LogP) is 2.34. The second kappa shape index (κ2) is 6.26. The molecule has 1 fully saturated rings. The molecule has 2 N–H and O–H groups in total. The van der Waals surface area contributed by atoms with Gasteiger partial charge in [0.05, 0.1) is 11.1 Å². The van der Waals surface area contributed by atoms with Gasteiger partial charge in [-0.05, 0) is 25.0 Å². The Morgan fingerprint density at radius 1 is 1.31 bits per heavy atom. The maximum atomic E-state index is 12.3. The van der Waals surface area contributed by atoms with Gasteiger partial charge in [-0.15, -0.1) is 0 Å². The molecular weight excluding hydrogens is 368 g/mol. The highest BCUT2D eigenvalue weighted by atomic mass is 16.2. The van der Waals surface area contributed by atoms with Crippen LogP contribution in [0.25, 0.3) is 27.9 Å². The lowest BCUT2D eigenvalue weighted by Gasteiger charge is -2.45. The zero-order valence-electron chi connectivity index (χ0n) is 16.5. The van der Waals surface area contributed by atoms with E-state index in [0.29, 0.717) is 5.95 Å². The van der Waals surface area contributed by atoms with E-state index in [9.17, 15) is 4.79 Å². The van der Waals surface area contributed by atoms with Crippen molar-refractivity contribution in [2.75, 3.05) is 19.4 Å². The number of anilines is 1. The summed E-state index contributed by atoms with van der Waals surface area (Å²) in [6.45, 7) is 2.01. The fourth-order valence-corrected chi connectivity index (χ4v) is 4.17. The van der Waals surface area contributed by atoms with Crippen LogP contribution in [0.5, 0.6) is 0 Å². The molecule has 0 unspecified atom stereocenters. The van der Waals surface area contributed by atoms with Gasteiger partial charge in [0.25, 0.3) is 0 Å². The second-order valence-corrected chi connectivity index (χ2v) is 8.12. The van der Waals surface area contributed by atoms with Gasteiger partial charge in [0.2, 0.25) is 11.9 Å². The third-order valence-electron chi connectivity index (χ3n) is 5.61. The number of aromatic nitrogens is 6. The molecule has 4 aromatic rings. The van der Waals surface area contributed by atoms with Crippen LogP contribution in [0.4, 0.5) is 5.95 Å². The number of amides is 1. The number of hydrogen-bond donors (Lipinski definition) is 2. The van der Waals surface area contributed by atoms with Gasteiger partial charge in [0, 0.05) is 55.9 Å². The molecule has 1 amide bonds. The van der Waals surface area contributed by atoms with E-state index in [-0.39, 0.29) is 17.4 Å². The van der Waals surface area contributed by atoms with E-state index >= 15 is 0 Å². The summed E-state index contributed by atoms with van der Waals surface area (Å²) >= 11 is 0. The molecule has 0 saturated heterocycles. The normalized spacial score (nSPS) is 21.3. The van der Waals surface area contributed by atoms with Gasteiger partial charge in [-0.2, -0.15) is 10.1 Å². The SMILES string of the molecule is CN(C)C(=O)C1(C)CC(Nc2ncc3c(-c4ccc5nccn5n4)c[nH]c3n2)C1. The highest BCUT2D eigenvalue weighted by Gasteiger charge is 2.47. The van der Waals surface area contributed by atoms with Crippen molar-refractivity contribution < 1.29 is 4.79 Å². The van der Waals surface area contributed by atoms with Crippen molar-refractivity contribution in [3.8, 4) is 11.3 Å². The number of aromatic amines is 1. The van der Waals surface area contributed by atoms with E-state index in [1.807, 2.05) is 31.5 Å². The minimum absolute atomic E-state index is 0.170. The first-order valence-corrected chi connectivity index (χ1v) is 9.56. The number of rotatable bonds is 4. The lowest BCUT2D eigenvalue weighted by molar-refractivity contribution is -0.143. The summed E-state index contributed by atoms with van der Waals surface area (Å²) in [7, 11) is 3.60. The van der Waals surface area contributed by atoms with Crippen molar-refractivity contribution in [3.05, 3.63) is 36.9 Å². The molecule has 148 valence electrons. The molecule has 1 aliphatic carbocycles. The first kappa shape index (κ1) is 17.6. The molecule has 29 heavy (non-hydrogen) atoms. The predicted molar refractivity (Wildman–Crippen MR) is 109 cm³/mol. The fraction of sp³-hybridized carbons (Fsp3) is 0.350. The van der Waals surface area contributed by atoms with Crippen LogP contribution in [-0.2, 0) is 4.79 Å². The van der Waals surface area contributed by atoms with Crippen molar-refractivity contribution in [2.24, 2.45) is 5.41 Å². The topological polar surface area (TPSA) is 104 Å². The first-order valence-electron chi connectivity index (χ1n) is 9.56. The second-order valence-electron chi connectivity index (χ2n) is 8.12. The van der Waals surface area contributed by atoms with Crippen LogP contribution in [0.3, 0.4) is 0 Å². The van der Waals surface area contributed by atoms with Crippen molar-refractivity contribution in [1.82, 2.24) is 34.4 Å². The molecule has 4 heterocycles. The van der Waals surface area contributed by atoms with Crippen LogP contribution < -0.4 is 5.32 Å². The third-order valence-corrected chi connectivity index (χ3v) is 5.61. The summed E-state index contributed by atoms with van der Waals surface area (Å²) in [5.74, 6) is 0.733. The quantitative estimate of drug-likeness (QED) is 0.554. The number of imidazole rings is 1. The minimum atomic E-state index is -0.303. The summed E-state index contributed by atoms with van der Waals surface area (Å²) in [6, 6.07) is 4.07. The number of nitrogens with zero attached hydrogens (tertiary/aromatic N) is 6. The van der Waals surface area contributed by atoms with E-state index in [1.54, 1.807) is 35.9 Å². The minimum Gasteiger partial charge on any atom is -0.351 e. The van der Waals surface area contributed by atoms with E-state index < -0.39 is 0 Å². The van der Waals surface area contributed by atoms with Gasteiger partial charge in [-0.1, -0.05) is 6.92 Å². The average molecular weight is 390 g/mol. The molecule has 0 radical (unpaired) electrons. The number of hydrogen-bond acceptors (Lipinski definition) is 6. The molecule has 0 bridgehead atoms. The van der Waals surface area contributed by atoms with Crippen molar-refractivity contribution in [1.29, 1.82) is 0 Å². The highest BCUT2D eigenvalue weighted by Crippen LogP contribution is 2.43. The van der Waals surface area contributed by atoms with Gasteiger partial charge < -0.3 is 15.2 Å². The zero-order chi connectivity index (χ0) is 20.2. The van der Waals surface area contributed by atoms with Crippen molar-refractivity contribution in [2.45, 2.75) is 25.8 Å². The molecule has 9 heteroatoms.